The summed E-state index contributed by atoms with van der Waals surface area (Å²) >= 11 is 3.76. The molecule has 0 radical (unpaired) electrons. The summed E-state index contributed by atoms with van der Waals surface area (Å²) in [7, 11) is 0. The van der Waals surface area contributed by atoms with E-state index in [0.29, 0.717) is 0 Å². The van der Waals surface area contributed by atoms with Crippen LogP contribution >= 0.6 is 12.4 Å². The summed E-state index contributed by atoms with van der Waals surface area (Å²) in [5.74, 6) is 0. The van der Waals surface area contributed by atoms with Crippen LogP contribution in [0.4, 0.5) is 0 Å². The van der Waals surface area contributed by atoms with Crippen LogP contribution < -0.4 is 5.73 Å². The molecular weight excluding hydrogens is 148 g/mol. The predicted octanol–water partition coefficient (Wildman–Crippen LogP) is -0.560. The zero-order valence-corrected chi connectivity index (χ0v) is 4.72. The van der Waals surface area contributed by atoms with E-state index in [2.05, 4.69) is 15.5 Å². The van der Waals surface area contributed by atoms with Crippen LogP contribution in [0, 0.1) is 0 Å². The fraction of sp³-hybridized carbons (Fsp3) is 0.500. The molecule has 0 aliphatic heterocycles. The van der Waals surface area contributed by atoms with E-state index in [9.17, 15) is 4.79 Å². The number of rotatable bonds is 1. The van der Waals surface area contributed by atoms with Gasteiger partial charge in [-0.05, 0) is 0 Å². The molecule has 0 spiro atoms. The first-order chi connectivity index (χ1) is 2.27. The predicted molar refractivity (Wildman–Crippen MR) is 21.3 cm³/mol. The van der Waals surface area contributed by atoms with Gasteiger partial charge in [0.05, 0.1) is 0 Å². The molecule has 0 bridgehead atoms. The van der Waals surface area contributed by atoms with Gasteiger partial charge in [0.15, 0.2) is 0 Å². The summed E-state index contributed by atoms with van der Waals surface area (Å²) in [6, 6.07) is 0. The molecule has 0 fully saturated rings. The Hall–Kier alpha value is 0.414. The Kier molecular flexibility index (Phi) is 8.71. The third kappa shape index (κ3) is 8.83. The van der Waals surface area contributed by atoms with E-state index in [1.165, 1.54) is 0 Å². The number of hydrogen-bond donors (Lipinski definition) is 1. The first kappa shape index (κ1) is 9.65. The number of carbonyl (C=O) groups is 1. The first-order valence-electron chi connectivity index (χ1n) is 1.12. The fourth-order valence-corrected chi connectivity index (χ4v) is 0. The average molecular weight is 153 g/mol. The van der Waals surface area contributed by atoms with Crippen molar-refractivity contribution >= 4 is 17.2 Å². The molecular formula is C2H5ClNNiO. The normalized spacial score (nSPS) is 6.50. The summed E-state index contributed by atoms with van der Waals surface area (Å²) in [5, 5.41) is 0. The summed E-state index contributed by atoms with van der Waals surface area (Å²) in [6.45, 7) is 0. The Morgan fingerprint density at radius 2 is 2.00 bits per heavy atom. The molecule has 2 nitrogen and oxygen atoms in total. The Morgan fingerprint density at radius 1 is 1.83 bits per heavy atom. The molecule has 0 aromatic heterocycles. The molecule has 0 heterocycles. The maximum atomic E-state index is 9.52. The van der Waals surface area contributed by atoms with Crippen molar-refractivity contribution < 1.29 is 20.3 Å². The van der Waals surface area contributed by atoms with Gasteiger partial charge in [-0.25, -0.2) is 0 Å². The number of carbonyl (C=O) groups excluding carboxylic acids is 1. The van der Waals surface area contributed by atoms with Gasteiger partial charge in [0.2, 0.25) is 0 Å². The molecule has 0 aromatic rings. The Balaban J connectivity index is 0. The first-order valence-corrected chi connectivity index (χ1v) is 1.62. The minimum absolute atomic E-state index is 0. The summed E-state index contributed by atoms with van der Waals surface area (Å²) in [5.41, 5.74) is 4.73. The average Bonchev–Trinajstić information content (AvgIpc) is 1.38. The molecule has 6 heavy (non-hydrogen) atoms. The van der Waals surface area contributed by atoms with Gasteiger partial charge in [0.25, 0.3) is 0 Å². The molecule has 0 saturated carbocycles. The molecule has 4 heteroatoms. The van der Waals surface area contributed by atoms with Crippen LogP contribution in [0.3, 0.4) is 0 Å². The Bertz CT molecular complexity index is 48.8. The van der Waals surface area contributed by atoms with Crippen molar-refractivity contribution in [2.45, 2.75) is 0 Å². The summed E-state index contributed by atoms with van der Waals surface area (Å²) in [4.78, 5) is 9.52. The molecule has 0 aliphatic carbocycles. The van der Waals surface area contributed by atoms with E-state index in [-0.39, 0.29) is 23.7 Å². The third-order valence-corrected chi connectivity index (χ3v) is 0.349. The SMILES string of the molecule is Cl.NC[C](=O)[Ni]. The minimum atomic E-state index is -0.343. The van der Waals surface area contributed by atoms with Gasteiger partial charge in [0, 0.05) is 0 Å². The second-order valence-corrected chi connectivity index (χ2v) is 1.08. The number of halogens is 1. The molecule has 0 atom stereocenters. The van der Waals surface area contributed by atoms with Gasteiger partial charge in [-0.3, -0.25) is 0 Å². The molecule has 0 amide bonds. The molecule has 0 aliphatic rings. The van der Waals surface area contributed by atoms with Gasteiger partial charge in [-0.2, -0.15) is 0 Å². The van der Waals surface area contributed by atoms with E-state index in [1.54, 1.807) is 0 Å². The van der Waals surface area contributed by atoms with E-state index in [0.717, 1.165) is 0 Å². The number of nitrogens with two attached hydrogens (primary N) is 1. The quantitative estimate of drug-likeness (QED) is 0.513. The molecule has 0 saturated heterocycles. The van der Waals surface area contributed by atoms with Crippen LogP contribution in [-0.2, 0) is 20.3 Å². The van der Waals surface area contributed by atoms with E-state index < -0.39 is 0 Å². The van der Waals surface area contributed by atoms with Crippen molar-refractivity contribution in [3.8, 4) is 0 Å². The van der Waals surface area contributed by atoms with Crippen molar-refractivity contribution in [2.75, 3.05) is 6.54 Å². The molecule has 2 N–H and O–H groups in total. The van der Waals surface area contributed by atoms with E-state index >= 15 is 0 Å². The fourth-order valence-electron chi connectivity index (χ4n) is 0. The van der Waals surface area contributed by atoms with Crippen molar-refractivity contribution in [2.24, 2.45) is 5.73 Å². The van der Waals surface area contributed by atoms with Gasteiger partial charge in [-0.1, -0.05) is 0 Å². The van der Waals surface area contributed by atoms with Gasteiger partial charge in [0.1, 0.15) is 0 Å². The molecule has 0 rings (SSSR count). The van der Waals surface area contributed by atoms with Crippen molar-refractivity contribution in [3.63, 3.8) is 0 Å². The van der Waals surface area contributed by atoms with Crippen molar-refractivity contribution in [3.05, 3.63) is 0 Å². The summed E-state index contributed by atoms with van der Waals surface area (Å²) < 4.78 is -0.343. The second kappa shape index (κ2) is 5.41. The number of hydrogen-bond acceptors (Lipinski definition) is 2. The molecule has 0 aromatic carbocycles. The van der Waals surface area contributed by atoms with Crippen LogP contribution in [0.25, 0.3) is 0 Å². The van der Waals surface area contributed by atoms with Crippen LogP contribution in [-0.4, -0.2) is 11.3 Å². The second-order valence-electron chi connectivity index (χ2n) is 0.525. The van der Waals surface area contributed by atoms with Crippen LogP contribution in [0.2, 0.25) is 0 Å². The van der Waals surface area contributed by atoms with E-state index in [4.69, 9.17) is 5.73 Å². The summed E-state index contributed by atoms with van der Waals surface area (Å²) in [6.07, 6.45) is 0. The zero-order chi connectivity index (χ0) is 4.28. The third-order valence-electron chi connectivity index (χ3n) is 0.148. The van der Waals surface area contributed by atoms with Gasteiger partial charge >= 0.3 is 37.3 Å². The Morgan fingerprint density at radius 3 is 2.00 bits per heavy atom. The van der Waals surface area contributed by atoms with Crippen LogP contribution in [0.15, 0.2) is 0 Å². The molecule has 0 unspecified atom stereocenters. The van der Waals surface area contributed by atoms with Crippen LogP contribution in [0.1, 0.15) is 0 Å². The van der Waals surface area contributed by atoms with Crippen LogP contribution in [0.5, 0.6) is 0 Å². The Labute approximate surface area is 50.2 Å². The zero-order valence-electron chi connectivity index (χ0n) is 2.92. The van der Waals surface area contributed by atoms with Crippen molar-refractivity contribution in [1.82, 2.24) is 0 Å². The van der Waals surface area contributed by atoms with E-state index in [1.807, 2.05) is 0 Å². The maximum absolute atomic E-state index is 9.52. The standard InChI is InChI=1S/C2H4NO.ClH.Ni/c3-1-2-4;;/h1,3H2;1H;. The van der Waals surface area contributed by atoms with Gasteiger partial charge < -0.3 is 0 Å². The van der Waals surface area contributed by atoms with Crippen molar-refractivity contribution in [1.29, 1.82) is 0 Å². The van der Waals surface area contributed by atoms with Gasteiger partial charge in [-0.15, -0.1) is 12.4 Å². The molecule has 41 valence electrons. The monoisotopic (exact) mass is 152 g/mol. The topological polar surface area (TPSA) is 43.1 Å².